The topological polar surface area (TPSA) is 275 Å². The second kappa shape index (κ2) is 26.6. The number of aldehydes is 3. The molecule has 71 heavy (non-hydrogen) atoms. The van der Waals surface area contributed by atoms with Gasteiger partial charge in [-0.2, -0.15) is 0 Å². The molecule has 2 aliphatic rings. The molecule has 5 N–H and O–H groups in total. The number of H-pyrrole nitrogens is 1. The van der Waals surface area contributed by atoms with Crippen LogP contribution in [0.3, 0.4) is 0 Å². The number of thiazole rings is 2. The van der Waals surface area contributed by atoms with Gasteiger partial charge in [-0.3, -0.25) is 14.4 Å². The van der Waals surface area contributed by atoms with Crippen molar-refractivity contribution in [3.8, 4) is 32.3 Å². The molecule has 3 aromatic heterocycles. The number of carbonyl (C=O) groups excluding carboxylic acids is 5. The van der Waals surface area contributed by atoms with E-state index < -0.39 is 20.0 Å². The summed E-state index contributed by atoms with van der Waals surface area (Å²) in [6, 6.07) is 10.2. The number of amides is 2. The fraction of sp³-hybridized carbons (Fsp3) is 0.458. The Kier molecular flexibility index (Phi) is 21.1. The molecule has 0 radical (unpaired) electrons. The molecule has 0 saturated heterocycles. The van der Waals surface area contributed by atoms with E-state index in [0.29, 0.717) is 40.9 Å². The van der Waals surface area contributed by atoms with Gasteiger partial charge in [0.1, 0.15) is 12.1 Å². The third-order valence-electron chi connectivity index (χ3n) is 11.3. The van der Waals surface area contributed by atoms with Crippen LogP contribution in [0.15, 0.2) is 71.0 Å². The van der Waals surface area contributed by atoms with Gasteiger partial charge in [-0.05, 0) is 91.2 Å². The van der Waals surface area contributed by atoms with Crippen LogP contribution in [0.25, 0.3) is 32.3 Å². The Bertz CT molecular complexity index is 2770. The van der Waals surface area contributed by atoms with E-state index in [1.54, 1.807) is 56.8 Å². The van der Waals surface area contributed by atoms with E-state index >= 15 is 0 Å². The first-order valence-electron chi connectivity index (χ1n) is 23.4. The average molecular weight is 1060 g/mol. The highest BCUT2D eigenvalue weighted by molar-refractivity contribution is 7.90. The fourth-order valence-electron chi connectivity index (χ4n) is 8.09. The Morgan fingerprint density at radius 2 is 1.13 bits per heavy atom. The minimum absolute atomic E-state index is 0.0794. The molecule has 0 aliphatic heterocycles. The van der Waals surface area contributed by atoms with Gasteiger partial charge in [-0.15, -0.1) is 22.7 Å². The molecule has 0 atom stereocenters. The zero-order valence-electron chi connectivity index (χ0n) is 40.5. The zero-order valence-corrected chi connectivity index (χ0v) is 43.8. The van der Waals surface area contributed by atoms with Gasteiger partial charge in [0, 0.05) is 84.1 Å². The first kappa shape index (κ1) is 56.2. The molecule has 0 spiro atoms. The van der Waals surface area contributed by atoms with Crippen LogP contribution in [0.2, 0.25) is 0 Å². The molecule has 2 saturated carbocycles. The van der Waals surface area contributed by atoms with Crippen LogP contribution in [0.1, 0.15) is 125 Å². The standard InChI is InChI=1S/C24H31N5O4S2.C22H29N3O5S2.C2H2O2/c1-4-28-35(31,32)21-13-17(22-25-11-12-26-22)7-10-19(21)20-14-27-23(34-20)16-5-8-18(9-6-16)29-24(30)33-15(2)3;1-4-24-32(28,29)20-11-15(13-26)5-10-18(20)19-12-23-21(31-19)16-6-8-17(9-7-16)25-22(27)30-14(2)3;3-1-2-4/h7,10-16,18,28H,4-6,8-9H2,1-3H3,(H,25,26)(H,29,30);5,10-14,16-17,24H,4,6-9H2,1-3H3,(H,25,27);1-2H. The third-order valence-corrected chi connectivity index (χ3v) is 16.8. The quantitative estimate of drug-likeness (QED) is 0.0435. The van der Waals surface area contributed by atoms with Crippen molar-refractivity contribution in [1.82, 2.24) is 40.0 Å². The lowest BCUT2D eigenvalue weighted by Crippen LogP contribution is -2.38. The van der Waals surface area contributed by atoms with Crippen molar-refractivity contribution in [2.75, 3.05) is 13.1 Å². The molecule has 23 heteroatoms. The summed E-state index contributed by atoms with van der Waals surface area (Å²) < 4.78 is 66.9. The number of aromatic nitrogens is 4. The predicted octanol–water partition coefficient (Wildman–Crippen LogP) is 8.13. The van der Waals surface area contributed by atoms with Crippen molar-refractivity contribution in [3.05, 3.63) is 76.8 Å². The number of ether oxygens (including phenoxy) is 2. The van der Waals surface area contributed by atoms with Crippen LogP contribution in [0.4, 0.5) is 9.59 Å². The molecule has 2 fully saturated rings. The van der Waals surface area contributed by atoms with Crippen molar-refractivity contribution < 1.29 is 50.3 Å². The summed E-state index contributed by atoms with van der Waals surface area (Å²) in [6.45, 7) is 11.3. The van der Waals surface area contributed by atoms with E-state index in [0.717, 1.165) is 71.1 Å². The summed E-state index contributed by atoms with van der Waals surface area (Å²) in [7, 11) is -7.46. The average Bonchev–Trinajstić information content (AvgIpc) is 4.16. The number of nitrogens with one attached hydrogen (secondary N) is 5. The van der Waals surface area contributed by atoms with E-state index in [1.807, 2.05) is 39.8 Å². The van der Waals surface area contributed by atoms with E-state index in [9.17, 15) is 31.2 Å². The highest BCUT2D eigenvalue weighted by atomic mass is 32.2. The van der Waals surface area contributed by atoms with Crippen molar-refractivity contribution in [2.24, 2.45) is 0 Å². The number of aromatic amines is 1. The van der Waals surface area contributed by atoms with Gasteiger partial charge in [-0.25, -0.2) is 50.8 Å². The molecule has 2 aliphatic carbocycles. The number of alkyl carbamates (subject to hydrolysis) is 2. The predicted molar refractivity (Wildman–Crippen MR) is 271 cm³/mol. The Hall–Kier alpha value is -5.72. The van der Waals surface area contributed by atoms with Crippen LogP contribution in [0, 0.1) is 0 Å². The first-order chi connectivity index (χ1) is 33.9. The van der Waals surface area contributed by atoms with E-state index in [4.69, 9.17) is 19.1 Å². The zero-order chi connectivity index (χ0) is 51.7. The molecule has 7 rings (SSSR count). The summed E-state index contributed by atoms with van der Waals surface area (Å²) in [4.78, 5) is 70.9. The van der Waals surface area contributed by atoms with Gasteiger partial charge in [0.05, 0.1) is 41.8 Å². The number of benzene rings is 2. The minimum Gasteiger partial charge on any atom is -0.447 e. The van der Waals surface area contributed by atoms with Gasteiger partial charge >= 0.3 is 12.2 Å². The van der Waals surface area contributed by atoms with Crippen LogP contribution in [-0.2, 0) is 39.1 Å². The van der Waals surface area contributed by atoms with Gasteiger partial charge in [0.15, 0.2) is 12.6 Å². The van der Waals surface area contributed by atoms with Crippen molar-refractivity contribution in [3.63, 3.8) is 0 Å². The molecule has 5 aromatic rings. The summed E-state index contributed by atoms with van der Waals surface area (Å²) >= 11 is 3.00. The fourth-order valence-corrected chi connectivity index (χ4v) is 13.1. The monoisotopic (exact) mass is 1050 g/mol. The number of hydrogen-bond acceptors (Lipinski definition) is 16. The number of rotatable bonds is 17. The number of nitrogens with zero attached hydrogens (tertiary/aromatic N) is 3. The molecule has 0 bridgehead atoms. The number of sulfonamides is 2. The molecule has 2 amide bonds. The molecule has 19 nitrogen and oxygen atoms in total. The first-order valence-corrected chi connectivity index (χ1v) is 28.0. The lowest BCUT2D eigenvalue weighted by Gasteiger charge is -2.28. The molecule has 384 valence electrons. The SMILES string of the molecule is CCNS(=O)(=O)c1cc(-c2ncc[nH]2)ccc1-c1cnc(C2CCC(NC(=O)OC(C)C)CC2)s1.CCNS(=O)(=O)c1cc(C=O)ccc1-c1cnc(C2CCC(NC(=O)OC(C)C)CC2)s1.O=CC=O. The number of imidazole rings is 1. The van der Waals surface area contributed by atoms with Gasteiger partial charge in [0.2, 0.25) is 20.0 Å². The maximum Gasteiger partial charge on any atom is 0.407 e. The number of hydrogen-bond donors (Lipinski definition) is 5. The highest BCUT2D eigenvalue weighted by Crippen LogP contribution is 2.41. The lowest BCUT2D eigenvalue weighted by atomic mass is 9.86. The second-order valence-electron chi connectivity index (χ2n) is 17.2. The molecular formula is C48H62N8O11S4. The van der Waals surface area contributed by atoms with Crippen LogP contribution >= 0.6 is 22.7 Å². The minimum atomic E-state index is -3.75. The normalized spacial score (nSPS) is 18.0. The summed E-state index contributed by atoms with van der Waals surface area (Å²) in [5.74, 6) is 1.15. The summed E-state index contributed by atoms with van der Waals surface area (Å²) in [6.07, 6.45) is 13.7. The summed E-state index contributed by atoms with van der Waals surface area (Å²) in [5, 5.41) is 7.81. The molecule has 3 heterocycles. The third kappa shape index (κ3) is 16.1. The highest BCUT2D eigenvalue weighted by Gasteiger charge is 2.30. The van der Waals surface area contributed by atoms with E-state index in [-0.39, 0.29) is 77.2 Å². The van der Waals surface area contributed by atoms with Crippen molar-refractivity contribution in [2.45, 2.75) is 139 Å². The molecule has 2 aromatic carbocycles. The Morgan fingerprint density at radius 3 is 1.52 bits per heavy atom. The lowest BCUT2D eigenvalue weighted by molar-refractivity contribution is -0.122. The van der Waals surface area contributed by atoms with Crippen LogP contribution in [0.5, 0.6) is 0 Å². The Labute approximate surface area is 422 Å². The van der Waals surface area contributed by atoms with Gasteiger partial charge in [0.25, 0.3) is 0 Å². The van der Waals surface area contributed by atoms with Gasteiger partial charge in [-0.1, -0.05) is 38.1 Å². The van der Waals surface area contributed by atoms with E-state index in [2.05, 4.69) is 40.0 Å². The largest absolute Gasteiger partial charge is 0.447 e. The Morgan fingerprint density at radius 1 is 0.676 bits per heavy atom. The smallest absolute Gasteiger partial charge is 0.407 e. The van der Waals surface area contributed by atoms with Crippen LogP contribution in [-0.4, -0.2) is 105 Å². The Balaban J connectivity index is 0.000000247. The maximum absolute atomic E-state index is 13.0. The van der Waals surface area contributed by atoms with Crippen molar-refractivity contribution in [1.29, 1.82) is 0 Å². The summed E-state index contributed by atoms with van der Waals surface area (Å²) in [5.41, 5.74) is 2.16. The second-order valence-corrected chi connectivity index (χ2v) is 22.8. The van der Waals surface area contributed by atoms with Crippen molar-refractivity contribution >= 4 is 73.8 Å². The van der Waals surface area contributed by atoms with E-state index in [1.165, 1.54) is 28.7 Å². The molecule has 0 unspecified atom stereocenters. The molecular weight excluding hydrogens is 993 g/mol. The van der Waals surface area contributed by atoms with Gasteiger partial charge < -0.3 is 25.1 Å². The van der Waals surface area contributed by atoms with Crippen LogP contribution < -0.4 is 20.1 Å². The maximum atomic E-state index is 13.0. The number of carbonyl (C=O) groups is 5.